The minimum Gasteiger partial charge on any atom is -0.465 e. The van der Waals surface area contributed by atoms with Gasteiger partial charge < -0.3 is 14.8 Å². The van der Waals surface area contributed by atoms with E-state index in [-0.39, 0.29) is 18.1 Å². The molecule has 33 heavy (non-hydrogen) atoms. The number of fused-ring (bicyclic) bond motifs is 1. The summed E-state index contributed by atoms with van der Waals surface area (Å²) in [5, 5.41) is 3.12. The molecule has 2 aromatic carbocycles. The van der Waals surface area contributed by atoms with Crippen LogP contribution in [0.15, 0.2) is 66.9 Å². The van der Waals surface area contributed by atoms with Gasteiger partial charge in [-0.25, -0.2) is 14.2 Å². The highest BCUT2D eigenvalue weighted by atomic mass is 19.1. The molecule has 2 aromatic heterocycles. The Morgan fingerprint density at radius 3 is 2.64 bits per heavy atom. The molecule has 7 nitrogen and oxygen atoms in total. The Morgan fingerprint density at radius 2 is 1.88 bits per heavy atom. The Bertz CT molecular complexity index is 1320. The second kappa shape index (κ2) is 9.52. The number of nitrogens with zero attached hydrogens (tertiary/aromatic N) is 2. The van der Waals surface area contributed by atoms with Gasteiger partial charge in [-0.2, -0.15) is 0 Å². The summed E-state index contributed by atoms with van der Waals surface area (Å²) in [5.41, 5.74) is 3.22. The SMILES string of the molecule is CCOC(=O)CNc1c(-c2cccc(OC(=O)c3ccc(F)cc3)c2)nc2ccc(C)cn12. The summed E-state index contributed by atoms with van der Waals surface area (Å²) in [6.07, 6.45) is 1.91. The van der Waals surface area contributed by atoms with Gasteiger partial charge in [0.15, 0.2) is 0 Å². The van der Waals surface area contributed by atoms with Crippen LogP contribution in [0.1, 0.15) is 22.8 Å². The van der Waals surface area contributed by atoms with Gasteiger partial charge in [-0.15, -0.1) is 0 Å². The van der Waals surface area contributed by atoms with E-state index in [0.717, 1.165) is 5.56 Å². The van der Waals surface area contributed by atoms with E-state index in [2.05, 4.69) is 5.32 Å². The van der Waals surface area contributed by atoms with Crippen LogP contribution >= 0.6 is 0 Å². The van der Waals surface area contributed by atoms with Crippen molar-refractivity contribution in [3.63, 3.8) is 0 Å². The fourth-order valence-corrected chi connectivity index (χ4v) is 3.35. The van der Waals surface area contributed by atoms with Crippen molar-refractivity contribution in [3.8, 4) is 17.0 Å². The minimum absolute atomic E-state index is 0.0260. The molecule has 0 bridgehead atoms. The molecule has 0 amide bonds. The molecular weight excluding hydrogens is 425 g/mol. The van der Waals surface area contributed by atoms with E-state index in [1.165, 1.54) is 24.3 Å². The number of halogens is 1. The van der Waals surface area contributed by atoms with E-state index in [0.29, 0.717) is 35.1 Å². The highest BCUT2D eigenvalue weighted by Gasteiger charge is 2.17. The predicted octanol–water partition coefficient (Wildman–Crippen LogP) is 4.64. The van der Waals surface area contributed by atoms with Crippen molar-refractivity contribution in [1.82, 2.24) is 9.38 Å². The summed E-state index contributed by atoms with van der Waals surface area (Å²) in [7, 11) is 0. The maximum Gasteiger partial charge on any atom is 0.343 e. The molecule has 2 heterocycles. The lowest BCUT2D eigenvalue weighted by Crippen LogP contribution is -2.18. The number of carbonyl (C=O) groups excluding carboxylic acids is 2. The van der Waals surface area contributed by atoms with Crippen LogP contribution in [0.4, 0.5) is 10.2 Å². The van der Waals surface area contributed by atoms with Gasteiger partial charge in [0.05, 0.1) is 12.2 Å². The van der Waals surface area contributed by atoms with Gasteiger partial charge in [-0.3, -0.25) is 9.20 Å². The first-order valence-corrected chi connectivity index (χ1v) is 10.4. The molecule has 0 unspecified atom stereocenters. The molecular formula is C25H22FN3O4. The van der Waals surface area contributed by atoms with E-state index in [9.17, 15) is 14.0 Å². The van der Waals surface area contributed by atoms with Crippen LogP contribution in [0.5, 0.6) is 5.75 Å². The van der Waals surface area contributed by atoms with Crippen LogP contribution < -0.4 is 10.1 Å². The molecule has 4 aromatic rings. The van der Waals surface area contributed by atoms with Gasteiger partial charge in [0.1, 0.15) is 35.3 Å². The zero-order valence-electron chi connectivity index (χ0n) is 18.2. The quantitative estimate of drug-likeness (QED) is 0.328. The molecule has 1 N–H and O–H groups in total. The molecule has 0 saturated carbocycles. The molecule has 0 fully saturated rings. The van der Waals surface area contributed by atoms with E-state index in [4.69, 9.17) is 14.5 Å². The molecule has 0 aliphatic carbocycles. The van der Waals surface area contributed by atoms with Crippen molar-refractivity contribution < 1.29 is 23.5 Å². The number of benzene rings is 2. The maximum absolute atomic E-state index is 13.1. The molecule has 0 spiro atoms. The van der Waals surface area contributed by atoms with Crippen LogP contribution in [-0.4, -0.2) is 34.5 Å². The largest absolute Gasteiger partial charge is 0.465 e. The van der Waals surface area contributed by atoms with Crippen LogP contribution in [0.3, 0.4) is 0 Å². The molecule has 0 saturated heterocycles. The van der Waals surface area contributed by atoms with Crippen molar-refractivity contribution in [3.05, 3.63) is 83.8 Å². The topological polar surface area (TPSA) is 81.9 Å². The first-order chi connectivity index (χ1) is 15.9. The average Bonchev–Trinajstić information content (AvgIpc) is 3.16. The lowest BCUT2D eigenvalue weighted by molar-refractivity contribution is -0.140. The average molecular weight is 447 g/mol. The number of imidazole rings is 1. The number of hydrogen-bond donors (Lipinski definition) is 1. The number of anilines is 1. The Morgan fingerprint density at radius 1 is 1.09 bits per heavy atom. The minimum atomic E-state index is -0.599. The molecule has 0 aliphatic rings. The predicted molar refractivity (Wildman–Crippen MR) is 122 cm³/mol. The number of nitrogens with one attached hydrogen (secondary N) is 1. The van der Waals surface area contributed by atoms with E-state index in [1.807, 2.05) is 35.7 Å². The van der Waals surface area contributed by atoms with Gasteiger partial charge in [0.2, 0.25) is 0 Å². The Kier molecular flexibility index (Phi) is 6.35. The van der Waals surface area contributed by atoms with Crippen molar-refractivity contribution >= 4 is 23.4 Å². The lowest BCUT2D eigenvalue weighted by atomic mass is 10.1. The fraction of sp³-hybridized carbons (Fsp3) is 0.160. The van der Waals surface area contributed by atoms with Gasteiger partial charge >= 0.3 is 11.9 Å². The molecule has 0 atom stereocenters. The number of aryl methyl sites for hydroxylation is 1. The molecule has 168 valence electrons. The van der Waals surface area contributed by atoms with Crippen molar-refractivity contribution in [2.45, 2.75) is 13.8 Å². The summed E-state index contributed by atoms with van der Waals surface area (Å²) in [5.74, 6) is -0.486. The molecule has 4 rings (SSSR count). The number of carbonyl (C=O) groups is 2. The number of aromatic nitrogens is 2. The second-order valence-electron chi connectivity index (χ2n) is 7.33. The third kappa shape index (κ3) is 5.01. The number of esters is 2. The van der Waals surface area contributed by atoms with E-state index in [1.54, 1.807) is 25.1 Å². The van der Waals surface area contributed by atoms with Gasteiger partial charge in [0.25, 0.3) is 0 Å². The highest BCUT2D eigenvalue weighted by Crippen LogP contribution is 2.31. The number of ether oxygens (including phenoxy) is 2. The highest BCUT2D eigenvalue weighted by molar-refractivity contribution is 5.91. The number of hydrogen-bond acceptors (Lipinski definition) is 6. The van der Waals surface area contributed by atoms with Crippen LogP contribution in [-0.2, 0) is 9.53 Å². The third-order valence-electron chi connectivity index (χ3n) is 4.87. The standard InChI is InChI=1S/C25H22FN3O4/c1-3-32-22(30)14-27-24-23(28-21-12-7-16(2)15-29(21)24)18-5-4-6-20(13-18)33-25(31)17-8-10-19(26)11-9-17/h4-13,15,27H,3,14H2,1-2H3. The zero-order chi connectivity index (χ0) is 23.4. The van der Waals surface area contributed by atoms with Crippen molar-refractivity contribution in [1.29, 1.82) is 0 Å². The van der Waals surface area contributed by atoms with Crippen molar-refractivity contribution in [2.75, 3.05) is 18.5 Å². The van der Waals surface area contributed by atoms with Crippen LogP contribution in [0.25, 0.3) is 16.9 Å². The fourth-order valence-electron chi connectivity index (χ4n) is 3.35. The number of rotatable bonds is 7. The number of pyridine rings is 1. The van der Waals surface area contributed by atoms with E-state index >= 15 is 0 Å². The summed E-state index contributed by atoms with van der Waals surface area (Å²) >= 11 is 0. The zero-order valence-corrected chi connectivity index (χ0v) is 18.2. The van der Waals surface area contributed by atoms with Crippen LogP contribution in [0, 0.1) is 12.7 Å². The first-order valence-electron chi connectivity index (χ1n) is 10.4. The Hall–Kier alpha value is -4.20. The summed E-state index contributed by atoms with van der Waals surface area (Å²) in [6, 6.07) is 15.9. The second-order valence-corrected chi connectivity index (χ2v) is 7.33. The van der Waals surface area contributed by atoms with Crippen molar-refractivity contribution in [2.24, 2.45) is 0 Å². The summed E-state index contributed by atoms with van der Waals surface area (Å²) in [6.45, 7) is 3.98. The normalized spacial score (nSPS) is 10.8. The maximum atomic E-state index is 13.1. The smallest absolute Gasteiger partial charge is 0.343 e. The summed E-state index contributed by atoms with van der Waals surface area (Å²) in [4.78, 5) is 29.1. The molecule has 0 aliphatic heterocycles. The first kappa shape index (κ1) is 22.0. The van der Waals surface area contributed by atoms with Gasteiger partial charge in [-0.05, 0) is 61.9 Å². The van der Waals surface area contributed by atoms with E-state index < -0.39 is 11.8 Å². The summed E-state index contributed by atoms with van der Waals surface area (Å²) < 4.78 is 25.5. The van der Waals surface area contributed by atoms with Gasteiger partial charge in [-0.1, -0.05) is 18.2 Å². The lowest BCUT2D eigenvalue weighted by Gasteiger charge is -2.10. The Balaban J connectivity index is 1.66. The Labute approximate surface area is 189 Å². The van der Waals surface area contributed by atoms with Gasteiger partial charge in [0, 0.05) is 11.8 Å². The van der Waals surface area contributed by atoms with Crippen LogP contribution in [0.2, 0.25) is 0 Å². The monoisotopic (exact) mass is 447 g/mol. The molecule has 0 radical (unpaired) electrons. The third-order valence-corrected chi connectivity index (χ3v) is 4.87. The molecule has 8 heteroatoms.